The summed E-state index contributed by atoms with van der Waals surface area (Å²) in [5.41, 5.74) is 0.903. The van der Waals surface area contributed by atoms with Crippen molar-refractivity contribution in [1.82, 2.24) is 15.5 Å². The summed E-state index contributed by atoms with van der Waals surface area (Å²) >= 11 is 1.72. The molecule has 25 heavy (non-hydrogen) atoms. The summed E-state index contributed by atoms with van der Waals surface area (Å²) in [5.74, 6) is 1.87. The minimum atomic E-state index is -0.00637. The highest BCUT2D eigenvalue weighted by Crippen LogP contribution is 2.16. The third-order valence-electron chi connectivity index (χ3n) is 3.50. The summed E-state index contributed by atoms with van der Waals surface area (Å²) < 4.78 is 5.21. The van der Waals surface area contributed by atoms with Gasteiger partial charge in [0.05, 0.1) is 0 Å². The predicted molar refractivity (Wildman–Crippen MR) is 98.2 cm³/mol. The summed E-state index contributed by atoms with van der Waals surface area (Å²) in [6.45, 7) is 0.636. The Morgan fingerprint density at radius 3 is 2.52 bits per heavy atom. The summed E-state index contributed by atoms with van der Waals surface area (Å²) in [6.07, 6.45) is 0.782. The molecule has 0 atom stereocenters. The number of hydrogen-bond donors (Lipinski definition) is 1. The molecule has 0 saturated heterocycles. The number of amides is 1. The van der Waals surface area contributed by atoms with Gasteiger partial charge in [0.2, 0.25) is 17.6 Å². The molecule has 1 aromatic heterocycles. The maximum Gasteiger partial charge on any atom is 0.227 e. The van der Waals surface area contributed by atoms with E-state index in [0.717, 1.165) is 11.3 Å². The Balaban J connectivity index is 1.37. The molecule has 3 rings (SSSR count). The fraction of sp³-hybridized carbons (Fsp3) is 0.211. The molecular weight excluding hydrogens is 334 g/mol. The van der Waals surface area contributed by atoms with Crippen molar-refractivity contribution < 1.29 is 9.32 Å². The van der Waals surface area contributed by atoms with Crippen LogP contribution in [0.15, 0.2) is 70.1 Å². The molecular formula is C19H19N3O2S. The second-order valence-corrected chi connectivity index (χ2v) is 6.56. The maximum atomic E-state index is 11.9. The molecule has 5 nitrogen and oxygen atoms in total. The van der Waals surface area contributed by atoms with Gasteiger partial charge in [0.15, 0.2) is 0 Å². The molecule has 0 fully saturated rings. The van der Waals surface area contributed by atoms with Crippen molar-refractivity contribution in [3.05, 3.63) is 66.6 Å². The molecule has 0 bridgehead atoms. The van der Waals surface area contributed by atoms with Crippen LogP contribution in [0.25, 0.3) is 11.4 Å². The van der Waals surface area contributed by atoms with E-state index in [1.54, 1.807) is 11.8 Å². The second kappa shape index (κ2) is 9.03. The zero-order chi connectivity index (χ0) is 17.3. The fourth-order valence-electron chi connectivity index (χ4n) is 2.25. The van der Waals surface area contributed by atoms with Gasteiger partial charge in [-0.25, -0.2) is 0 Å². The first-order chi connectivity index (χ1) is 12.3. The number of nitrogens with zero attached hydrogens (tertiary/aromatic N) is 2. The van der Waals surface area contributed by atoms with Crippen LogP contribution in [0.1, 0.15) is 12.3 Å². The average Bonchev–Trinajstić information content (AvgIpc) is 3.14. The van der Waals surface area contributed by atoms with Crippen LogP contribution in [0.4, 0.5) is 0 Å². The number of carbonyl (C=O) groups excluding carboxylic acids is 1. The van der Waals surface area contributed by atoms with Crippen LogP contribution in [0.3, 0.4) is 0 Å². The molecule has 0 radical (unpaired) electrons. The van der Waals surface area contributed by atoms with Crippen molar-refractivity contribution in [3.63, 3.8) is 0 Å². The van der Waals surface area contributed by atoms with E-state index in [2.05, 4.69) is 27.6 Å². The SMILES string of the molecule is O=C(CCc1nc(-c2ccccc2)no1)NCCSc1ccccc1. The summed E-state index contributed by atoms with van der Waals surface area (Å²) in [4.78, 5) is 17.4. The number of aryl methyl sites for hydroxylation is 1. The molecule has 6 heteroatoms. The van der Waals surface area contributed by atoms with Crippen LogP contribution in [0.5, 0.6) is 0 Å². The topological polar surface area (TPSA) is 68.0 Å². The highest BCUT2D eigenvalue weighted by Gasteiger charge is 2.10. The van der Waals surface area contributed by atoms with Gasteiger partial charge >= 0.3 is 0 Å². The highest BCUT2D eigenvalue weighted by molar-refractivity contribution is 7.99. The Morgan fingerprint density at radius 1 is 1.04 bits per heavy atom. The van der Waals surface area contributed by atoms with E-state index in [1.165, 1.54) is 4.90 Å². The molecule has 0 unspecified atom stereocenters. The summed E-state index contributed by atoms with van der Waals surface area (Å²) in [7, 11) is 0. The largest absolute Gasteiger partial charge is 0.355 e. The molecule has 0 aliphatic heterocycles. The maximum absolute atomic E-state index is 11.9. The van der Waals surface area contributed by atoms with Crippen molar-refractivity contribution in [1.29, 1.82) is 0 Å². The molecule has 0 aliphatic carbocycles. The van der Waals surface area contributed by atoms with Crippen molar-refractivity contribution in [2.45, 2.75) is 17.7 Å². The van der Waals surface area contributed by atoms with Gasteiger partial charge in [-0.15, -0.1) is 11.8 Å². The van der Waals surface area contributed by atoms with E-state index in [-0.39, 0.29) is 5.91 Å². The quantitative estimate of drug-likeness (QED) is 0.495. The fourth-order valence-corrected chi connectivity index (χ4v) is 3.04. The van der Waals surface area contributed by atoms with Gasteiger partial charge < -0.3 is 9.84 Å². The van der Waals surface area contributed by atoms with Gasteiger partial charge in [0, 0.05) is 35.6 Å². The molecule has 1 N–H and O–H groups in total. The third kappa shape index (κ3) is 5.46. The second-order valence-electron chi connectivity index (χ2n) is 5.39. The Hall–Kier alpha value is -2.60. The number of hydrogen-bond acceptors (Lipinski definition) is 5. The van der Waals surface area contributed by atoms with Crippen LogP contribution in [0.2, 0.25) is 0 Å². The minimum Gasteiger partial charge on any atom is -0.355 e. The lowest BCUT2D eigenvalue weighted by molar-refractivity contribution is -0.121. The Morgan fingerprint density at radius 2 is 1.76 bits per heavy atom. The number of carbonyl (C=O) groups is 1. The van der Waals surface area contributed by atoms with Crippen molar-refractivity contribution in [3.8, 4) is 11.4 Å². The van der Waals surface area contributed by atoms with Crippen LogP contribution in [-0.2, 0) is 11.2 Å². The average molecular weight is 353 g/mol. The van der Waals surface area contributed by atoms with Gasteiger partial charge in [-0.05, 0) is 12.1 Å². The lowest BCUT2D eigenvalue weighted by Crippen LogP contribution is -2.25. The van der Waals surface area contributed by atoms with Crippen molar-refractivity contribution in [2.24, 2.45) is 0 Å². The zero-order valence-electron chi connectivity index (χ0n) is 13.7. The van der Waals surface area contributed by atoms with E-state index < -0.39 is 0 Å². The zero-order valence-corrected chi connectivity index (χ0v) is 14.5. The molecule has 0 aliphatic rings. The minimum absolute atomic E-state index is 0.00637. The van der Waals surface area contributed by atoms with E-state index in [1.807, 2.05) is 48.5 Å². The van der Waals surface area contributed by atoms with Gasteiger partial charge in [0.25, 0.3) is 0 Å². The van der Waals surface area contributed by atoms with Crippen molar-refractivity contribution in [2.75, 3.05) is 12.3 Å². The first-order valence-electron chi connectivity index (χ1n) is 8.14. The number of rotatable bonds is 8. The van der Waals surface area contributed by atoms with Crippen LogP contribution < -0.4 is 5.32 Å². The molecule has 1 heterocycles. The van der Waals surface area contributed by atoms with Crippen LogP contribution in [-0.4, -0.2) is 28.3 Å². The van der Waals surface area contributed by atoms with Gasteiger partial charge in [-0.3, -0.25) is 4.79 Å². The lowest BCUT2D eigenvalue weighted by atomic mass is 10.2. The van der Waals surface area contributed by atoms with E-state index >= 15 is 0 Å². The van der Waals surface area contributed by atoms with Crippen molar-refractivity contribution >= 4 is 17.7 Å². The predicted octanol–water partition coefficient (Wildman–Crippen LogP) is 3.58. The number of benzene rings is 2. The Bertz CT molecular complexity index is 791. The number of thioether (sulfide) groups is 1. The summed E-state index contributed by atoms with van der Waals surface area (Å²) in [5, 5.41) is 6.86. The molecule has 1 amide bonds. The molecule has 3 aromatic rings. The summed E-state index contributed by atoms with van der Waals surface area (Å²) in [6, 6.07) is 19.8. The van der Waals surface area contributed by atoms with Gasteiger partial charge in [0.1, 0.15) is 0 Å². The molecule has 0 spiro atoms. The van der Waals surface area contributed by atoms with E-state index in [4.69, 9.17) is 4.52 Å². The smallest absolute Gasteiger partial charge is 0.227 e. The van der Waals surface area contributed by atoms with E-state index in [0.29, 0.717) is 31.1 Å². The normalized spacial score (nSPS) is 10.6. The first kappa shape index (κ1) is 17.2. The monoisotopic (exact) mass is 353 g/mol. The standard InChI is InChI=1S/C19H19N3O2S/c23-17(20-13-14-25-16-9-5-2-6-10-16)11-12-18-21-19(22-24-18)15-7-3-1-4-8-15/h1-10H,11-14H2,(H,20,23). The number of nitrogens with one attached hydrogen (secondary N) is 1. The van der Waals surface area contributed by atoms with Crippen LogP contribution >= 0.6 is 11.8 Å². The molecule has 2 aromatic carbocycles. The molecule has 0 saturated carbocycles. The highest BCUT2D eigenvalue weighted by atomic mass is 32.2. The number of aromatic nitrogens is 2. The lowest BCUT2D eigenvalue weighted by Gasteiger charge is -2.04. The van der Waals surface area contributed by atoms with E-state index in [9.17, 15) is 4.79 Å². The van der Waals surface area contributed by atoms with Crippen LogP contribution in [0, 0.1) is 0 Å². The van der Waals surface area contributed by atoms with Gasteiger partial charge in [-0.2, -0.15) is 4.98 Å². The Labute approximate surface area is 150 Å². The molecule has 128 valence electrons. The Kier molecular flexibility index (Phi) is 6.23. The third-order valence-corrected chi connectivity index (χ3v) is 4.52. The first-order valence-corrected chi connectivity index (χ1v) is 9.12. The van der Waals surface area contributed by atoms with Gasteiger partial charge in [-0.1, -0.05) is 53.7 Å².